The monoisotopic (exact) mass is 235 g/mol. The second-order valence-corrected chi connectivity index (χ2v) is 4.14. The van der Waals surface area contributed by atoms with Crippen LogP contribution in [-0.2, 0) is 7.05 Å². The van der Waals surface area contributed by atoms with E-state index >= 15 is 0 Å². The highest BCUT2D eigenvalue weighted by molar-refractivity contribution is 6.30. The molecule has 4 heteroatoms. The molecule has 2 rings (SSSR count). The van der Waals surface area contributed by atoms with E-state index in [1.807, 2.05) is 49.1 Å². The van der Waals surface area contributed by atoms with Crippen LogP contribution in [-0.4, -0.2) is 16.6 Å². The van der Waals surface area contributed by atoms with Crippen LogP contribution in [0.3, 0.4) is 0 Å². The minimum absolute atomic E-state index is 0.143. The third-order valence-electron chi connectivity index (χ3n) is 2.64. The molecule has 84 valence electrons. The fourth-order valence-electron chi connectivity index (χ4n) is 1.79. The van der Waals surface area contributed by atoms with E-state index in [-0.39, 0.29) is 6.04 Å². The molecule has 1 unspecified atom stereocenters. The van der Waals surface area contributed by atoms with Crippen molar-refractivity contribution in [2.24, 2.45) is 7.05 Å². The Morgan fingerprint density at radius 3 is 2.50 bits per heavy atom. The van der Waals surface area contributed by atoms with E-state index in [4.69, 9.17) is 11.6 Å². The summed E-state index contributed by atoms with van der Waals surface area (Å²) in [6.45, 7) is 0. The van der Waals surface area contributed by atoms with Crippen LogP contribution in [0.1, 0.15) is 17.3 Å². The Bertz CT molecular complexity index is 461. The maximum atomic E-state index is 5.88. The molecule has 16 heavy (non-hydrogen) atoms. The van der Waals surface area contributed by atoms with Crippen LogP contribution in [0.15, 0.2) is 36.8 Å². The normalized spacial score (nSPS) is 12.7. The third kappa shape index (κ3) is 2.10. The van der Waals surface area contributed by atoms with Crippen molar-refractivity contribution in [3.8, 4) is 0 Å². The molecule has 0 saturated carbocycles. The zero-order chi connectivity index (χ0) is 11.5. The Balaban J connectivity index is 2.37. The van der Waals surface area contributed by atoms with Crippen molar-refractivity contribution < 1.29 is 0 Å². The predicted octanol–water partition coefficient (Wildman–Crippen LogP) is 2.38. The maximum absolute atomic E-state index is 5.88. The van der Waals surface area contributed by atoms with Crippen molar-refractivity contribution in [2.45, 2.75) is 6.04 Å². The second-order valence-electron chi connectivity index (χ2n) is 3.70. The van der Waals surface area contributed by atoms with Gasteiger partial charge in [0.15, 0.2) is 0 Å². The van der Waals surface area contributed by atoms with Crippen LogP contribution >= 0.6 is 11.6 Å². The molecule has 1 aromatic heterocycles. The summed E-state index contributed by atoms with van der Waals surface area (Å²) in [4.78, 5) is 4.13. The Kier molecular flexibility index (Phi) is 3.27. The van der Waals surface area contributed by atoms with Gasteiger partial charge in [-0.3, -0.25) is 0 Å². The zero-order valence-corrected chi connectivity index (χ0v) is 10.1. The van der Waals surface area contributed by atoms with E-state index in [2.05, 4.69) is 10.3 Å². The molecule has 0 spiro atoms. The summed E-state index contributed by atoms with van der Waals surface area (Å²) in [5, 5.41) is 4.03. The number of aromatic nitrogens is 2. The number of aryl methyl sites for hydroxylation is 1. The number of hydrogen-bond donors (Lipinski definition) is 1. The van der Waals surface area contributed by atoms with Gasteiger partial charge in [-0.1, -0.05) is 23.7 Å². The molecule has 1 aromatic carbocycles. The smallest absolute Gasteiger partial charge is 0.0946 e. The average molecular weight is 236 g/mol. The summed E-state index contributed by atoms with van der Waals surface area (Å²) in [5.41, 5.74) is 2.31. The lowest BCUT2D eigenvalue weighted by atomic mass is 10.0. The van der Waals surface area contributed by atoms with Gasteiger partial charge in [0.05, 0.1) is 24.3 Å². The molecule has 0 aliphatic heterocycles. The third-order valence-corrected chi connectivity index (χ3v) is 2.89. The quantitative estimate of drug-likeness (QED) is 0.886. The maximum Gasteiger partial charge on any atom is 0.0946 e. The summed E-state index contributed by atoms with van der Waals surface area (Å²) in [6, 6.07) is 7.99. The van der Waals surface area contributed by atoms with Gasteiger partial charge in [-0.25, -0.2) is 4.98 Å². The van der Waals surface area contributed by atoms with Crippen LogP contribution < -0.4 is 5.32 Å². The highest BCUT2D eigenvalue weighted by Crippen LogP contribution is 2.22. The minimum Gasteiger partial charge on any atom is -0.336 e. The molecule has 0 amide bonds. The number of nitrogens with one attached hydrogen (secondary N) is 1. The van der Waals surface area contributed by atoms with Crippen LogP contribution in [0.5, 0.6) is 0 Å². The Morgan fingerprint density at radius 2 is 2.00 bits per heavy atom. The summed E-state index contributed by atoms with van der Waals surface area (Å²) in [6.07, 6.45) is 3.67. The van der Waals surface area contributed by atoms with Crippen LogP contribution in [0.25, 0.3) is 0 Å². The van der Waals surface area contributed by atoms with E-state index in [1.165, 1.54) is 5.56 Å². The SMILES string of the molecule is CNC(c1ccc(Cl)cc1)c1cncn1C. The molecule has 0 saturated heterocycles. The standard InChI is InChI=1S/C12H14ClN3/c1-14-12(11-7-15-8-16(11)2)9-3-5-10(13)6-4-9/h3-8,12,14H,1-2H3. The van der Waals surface area contributed by atoms with Gasteiger partial charge in [0.25, 0.3) is 0 Å². The summed E-state index contributed by atoms with van der Waals surface area (Å²) in [7, 11) is 3.93. The van der Waals surface area contributed by atoms with E-state index in [0.717, 1.165) is 10.7 Å². The topological polar surface area (TPSA) is 29.9 Å². The van der Waals surface area contributed by atoms with Gasteiger partial charge in [0, 0.05) is 12.1 Å². The first-order valence-electron chi connectivity index (χ1n) is 5.11. The molecular formula is C12H14ClN3. The number of rotatable bonds is 3. The molecule has 2 aromatic rings. The van der Waals surface area contributed by atoms with Gasteiger partial charge in [-0.05, 0) is 24.7 Å². The molecule has 1 N–H and O–H groups in total. The lowest BCUT2D eigenvalue weighted by Crippen LogP contribution is -2.19. The number of halogens is 1. The molecule has 0 radical (unpaired) electrons. The molecule has 1 heterocycles. The van der Waals surface area contributed by atoms with Crippen molar-refractivity contribution in [1.29, 1.82) is 0 Å². The van der Waals surface area contributed by atoms with Crippen molar-refractivity contribution in [3.63, 3.8) is 0 Å². The highest BCUT2D eigenvalue weighted by Gasteiger charge is 2.14. The van der Waals surface area contributed by atoms with Crippen molar-refractivity contribution in [1.82, 2.24) is 14.9 Å². The molecule has 1 atom stereocenters. The fourth-order valence-corrected chi connectivity index (χ4v) is 1.91. The second kappa shape index (κ2) is 4.68. The van der Waals surface area contributed by atoms with Gasteiger partial charge >= 0.3 is 0 Å². The highest BCUT2D eigenvalue weighted by atomic mass is 35.5. The van der Waals surface area contributed by atoms with Gasteiger partial charge in [-0.2, -0.15) is 0 Å². The van der Waals surface area contributed by atoms with Crippen molar-refractivity contribution >= 4 is 11.6 Å². The van der Waals surface area contributed by atoms with Crippen molar-refractivity contribution in [2.75, 3.05) is 7.05 Å². The van der Waals surface area contributed by atoms with E-state index < -0.39 is 0 Å². The predicted molar refractivity (Wildman–Crippen MR) is 65.6 cm³/mol. The zero-order valence-electron chi connectivity index (χ0n) is 9.31. The summed E-state index contributed by atoms with van der Waals surface area (Å²) in [5.74, 6) is 0. The Morgan fingerprint density at radius 1 is 1.31 bits per heavy atom. The summed E-state index contributed by atoms with van der Waals surface area (Å²) < 4.78 is 2.01. The van der Waals surface area contributed by atoms with Crippen molar-refractivity contribution in [3.05, 3.63) is 53.1 Å². The minimum atomic E-state index is 0.143. The number of benzene rings is 1. The average Bonchev–Trinajstić information content (AvgIpc) is 2.69. The fraction of sp³-hybridized carbons (Fsp3) is 0.250. The number of nitrogens with zero attached hydrogens (tertiary/aromatic N) is 2. The molecule has 3 nitrogen and oxygen atoms in total. The van der Waals surface area contributed by atoms with Crippen LogP contribution in [0, 0.1) is 0 Å². The first-order valence-corrected chi connectivity index (χ1v) is 5.49. The molecule has 0 bridgehead atoms. The largest absolute Gasteiger partial charge is 0.336 e. The molecule has 0 aliphatic carbocycles. The first kappa shape index (κ1) is 11.2. The number of imidazole rings is 1. The Hall–Kier alpha value is -1.32. The van der Waals surface area contributed by atoms with E-state index in [0.29, 0.717) is 0 Å². The van der Waals surface area contributed by atoms with Gasteiger partial charge in [0.2, 0.25) is 0 Å². The van der Waals surface area contributed by atoms with E-state index in [1.54, 1.807) is 6.33 Å². The van der Waals surface area contributed by atoms with Crippen LogP contribution in [0.2, 0.25) is 5.02 Å². The van der Waals surface area contributed by atoms with E-state index in [9.17, 15) is 0 Å². The molecule has 0 aliphatic rings. The van der Waals surface area contributed by atoms with Crippen LogP contribution in [0.4, 0.5) is 0 Å². The first-order chi connectivity index (χ1) is 7.72. The van der Waals surface area contributed by atoms with Gasteiger partial charge in [-0.15, -0.1) is 0 Å². The Labute approximate surface area is 100 Å². The molecule has 0 fully saturated rings. The van der Waals surface area contributed by atoms with Gasteiger partial charge < -0.3 is 9.88 Å². The lowest BCUT2D eigenvalue weighted by molar-refractivity contribution is 0.638. The summed E-state index contributed by atoms with van der Waals surface area (Å²) >= 11 is 5.88. The number of hydrogen-bond acceptors (Lipinski definition) is 2. The molecular weight excluding hydrogens is 222 g/mol. The van der Waals surface area contributed by atoms with Gasteiger partial charge in [0.1, 0.15) is 0 Å². The lowest BCUT2D eigenvalue weighted by Gasteiger charge is -2.17.